The van der Waals surface area contributed by atoms with Crippen molar-refractivity contribution >= 4 is 27.7 Å². The summed E-state index contributed by atoms with van der Waals surface area (Å²) in [6.07, 6.45) is 3.96. The second-order valence-corrected chi connectivity index (χ2v) is 6.11. The first-order valence-corrected chi connectivity index (χ1v) is 7.15. The summed E-state index contributed by atoms with van der Waals surface area (Å²) in [5, 5.41) is 13.7. The molecule has 0 saturated heterocycles. The number of amides is 1. The van der Waals surface area contributed by atoms with Crippen molar-refractivity contribution in [1.29, 1.82) is 0 Å². The van der Waals surface area contributed by atoms with Crippen LogP contribution in [0.5, 0.6) is 0 Å². The molecular formula is C12H16BrN3O3. The summed E-state index contributed by atoms with van der Waals surface area (Å²) in [6, 6.07) is 3.00. The maximum absolute atomic E-state index is 12.1. The maximum Gasteiger partial charge on any atom is 0.323 e. The third-order valence-corrected chi connectivity index (χ3v) is 4.42. The number of hydrogen-bond acceptors (Lipinski definition) is 3. The van der Waals surface area contributed by atoms with E-state index in [-0.39, 0.29) is 17.8 Å². The van der Waals surface area contributed by atoms with Gasteiger partial charge in [-0.25, -0.2) is 4.57 Å². The summed E-state index contributed by atoms with van der Waals surface area (Å²) in [4.78, 5) is 22.9. The first-order valence-electron chi connectivity index (χ1n) is 6.24. The fourth-order valence-corrected chi connectivity index (χ4v) is 2.90. The van der Waals surface area contributed by atoms with Crippen molar-refractivity contribution < 1.29 is 9.72 Å². The molecule has 0 radical (unpaired) electrons. The highest BCUT2D eigenvalue weighted by atomic mass is 79.9. The number of nitrogens with zero attached hydrogens (tertiary/aromatic N) is 2. The average molecular weight is 330 g/mol. The summed E-state index contributed by atoms with van der Waals surface area (Å²) in [6.45, 7) is 0. The molecule has 0 aromatic carbocycles. The zero-order valence-electron chi connectivity index (χ0n) is 10.6. The highest BCUT2D eigenvalue weighted by Gasteiger charge is 2.25. The smallest absolute Gasteiger partial charge is 0.323 e. The van der Waals surface area contributed by atoms with Crippen LogP contribution in [0, 0.1) is 10.1 Å². The molecule has 1 fully saturated rings. The molecular weight excluding hydrogens is 314 g/mol. The Bertz CT molecular complexity index is 492. The molecule has 7 heteroatoms. The average Bonchev–Trinajstić information content (AvgIpc) is 2.74. The van der Waals surface area contributed by atoms with Gasteiger partial charge in [-0.1, -0.05) is 15.9 Å². The topological polar surface area (TPSA) is 77.2 Å². The molecule has 1 aromatic rings. The molecule has 1 heterocycles. The van der Waals surface area contributed by atoms with Crippen LogP contribution >= 0.6 is 15.9 Å². The third kappa shape index (κ3) is 3.15. The number of halogens is 1. The number of hydrogen-bond donors (Lipinski definition) is 1. The van der Waals surface area contributed by atoms with Crippen LogP contribution < -0.4 is 5.32 Å². The lowest BCUT2D eigenvalue weighted by Gasteiger charge is -2.25. The zero-order valence-corrected chi connectivity index (χ0v) is 12.2. The van der Waals surface area contributed by atoms with Gasteiger partial charge in [-0.15, -0.1) is 0 Å². The lowest BCUT2D eigenvalue weighted by atomic mass is 9.95. The standard InChI is InChI=1S/C12H16BrN3O3/c1-15-10(6-7-11(15)16(18)19)12(17)14-9-4-2-8(13)3-5-9/h6-9H,2-5H2,1H3,(H,14,17). The Hall–Kier alpha value is -1.37. The number of aromatic nitrogens is 1. The molecule has 2 rings (SSSR count). The van der Waals surface area contributed by atoms with E-state index in [1.54, 1.807) is 0 Å². The molecule has 1 amide bonds. The quantitative estimate of drug-likeness (QED) is 0.525. The fourth-order valence-electron chi connectivity index (χ4n) is 2.37. The molecule has 1 aromatic heterocycles. The highest BCUT2D eigenvalue weighted by Crippen LogP contribution is 2.24. The van der Waals surface area contributed by atoms with Gasteiger partial charge in [0.25, 0.3) is 5.91 Å². The predicted molar refractivity (Wildman–Crippen MR) is 74.5 cm³/mol. The van der Waals surface area contributed by atoms with Crippen LogP contribution in [0.15, 0.2) is 12.1 Å². The van der Waals surface area contributed by atoms with Crippen LogP contribution in [0.25, 0.3) is 0 Å². The first-order chi connectivity index (χ1) is 8.99. The van der Waals surface area contributed by atoms with Crippen LogP contribution in [0.1, 0.15) is 36.2 Å². The van der Waals surface area contributed by atoms with Crippen molar-refractivity contribution in [3.63, 3.8) is 0 Å². The van der Waals surface area contributed by atoms with E-state index in [9.17, 15) is 14.9 Å². The highest BCUT2D eigenvalue weighted by molar-refractivity contribution is 9.09. The maximum atomic E-state index is 12.1. The summed E-state index contributed by atoms with van der Waals surface area (Å²) in [5.74, 6) is -0.317. The van der Waals surface area contributed by atoms with Gasteiger partial charge in [-0.2, -0.15) is 0 Å². The largest absolute Gasteiger partial charge is 0.358 e. The van der Waals surface area contributed by atoms with Gasteiger partial charge >= 0.3 is 5.82 Å². The number of alkyl halides is 1. The van der Waals surface area contributed by atoms with Crippen molar-refractivity contribution in [2.24, 2.45) is 7.05 Å². The Labute approximate surface area is 119 Å². The summed E-state index contributed by atoms with van der Waals surface area (Å²) < 4.78 is 1.31. The van der Waals surface area contributed by atoms with Crippen LogP contribution in [0.3, 0.4) is 0 Å². The second-order valence-electron chi connectivity index (χ2n) is 4.82. The molecule has 6 nitrogen and oxygen atoms in total. The number of carbonyl (C=O) groups is 1. The Morgan fingerprint density at radius 1 is 1.42 bits per heavy atom. The number of nitro groups is 1. The summed E-state index contributed by atoms with van der Waals surface area (Å²) in [7, 11) is 1.53. The van der Waals surface area contributed by atoms with E-state index < -0.39 is 4.92 Å². The van der Waals surface area contributed by atoms with E-state index in [0.717, 1.165) is 25.7 Å². The number of rotatable bonds is 3. The Kier molecular flexibility index (Phi) is 4.24. The van der Waals surface area contributed by atoms with E-state index in [1.165, 1.54) is 23.7 Å². The van der Waals surface area contributed by atoms with E-state index in [2.05, 4.69) is 21.2 Å². The summed E-state index contributed by atoms with van der Waals surface area (Å²) >= 11 is 3.57. The Balaban J connectivity index is 2.02. The number of carbonyl (C=O) groups excluding carboxylic acids is 1. The minimum atomic E-state index is -0.493. The molecule has 0 spiro atoms. The van der Waals surface area contributed by atoms with Gasteiger partial charge in [0.15, 0.2) is 5.69 Å². The monoisotopic (exact) mass is 329 g/mol. The lowest BCUT2D eigenvalue weighted by molar-refractivity contribution is -0.391. The Morgan fingerprint density at radius 3 is 2.58 bits per heavy atom. The first kappa shape index (κ1) is 14.0. The van der Waals surface area contributed by atoms with Crippen LogP contribution in [0.2, 0.25) is 0 Å². The third-order valence-electron chi connectivity index (χ3n) is 3.51. The normalized spacial score (nSPS) is 23.1. The van der Waals surface area contributed by atoms with Gasteiger partial charge in [-0.3, -0.25) is 4.79 Å². The van der Waals surface area contributed by atoms with E-state index >= 15 is 0 Å². The molecule has 104 valence electrons. The van der Waals surface area contributed by atoms with Crippen LogP contribution in [-0.2, 0) is 7.05 Å². The van der Waals surface area contributed by atoms with Gasteiger partial charge in [0.05, 0.1) is 7.05 Å². The van der Waals surface area contributed by atoms with E-state index in [4.69, 9.17) is 0 Å². The molecule has 1 aliphatic rings. The van der Waals surface area contributed by atoms with Gasteiger partial charge in [0.1, 0.15) is 0 Å². The molecule has 1 N–H and O–H groups in total. The van der Waals surface area contributed by atoms with Gasteiger partial charge in [0.2, 0.25) is 0 Å². The molecule has 0 unspecified atom stereocenters. The molecule has 0 aliphatic heterocycles. The van der Waals surface area contributed by atoms with Gasteiger partial charge < -0.3 is 15.4 Å². The van der Waals surface area contributed by atoms with Gasteiger partial charge in [-0.05, 0) is 36.7 Å². The van der Waals surface area contributed by atoms with Crippen LogP contribution in [-0.4, -0.2) is 26.3 Å². The van der Waals surface area contributed by atoms with Crippen LogP contribution in [0.4, 0.5) is 5.82 Å². The molecule has 19 heavy (non-hydrogen) atoms. The SMILES string of the molecule is Cn1c(C(=O)NC2CCC(Br)CC2)ccc1[N+](=O)[O-]. The zero-order chi connectivity index (χ0) is 14.0. The van der Waals surface area contributed by atoms with E-state index in [1.807, 2.05) is 0 Å². The fraction of sp³-hybridized carbons (Fsp3) is 0.583. The minimum absolute atomic E-state index is 0.0747. The number of nitrogens with one attached hydrogen (secondary N) is 1. The Morgan fingerprint density at radius 2 is 2.05 bits per heavy atom. The molecule has 0 bridgehead atoms. The molecule has 1 saturated carbocycles. The van der Waals surface area contributed by atoms with Crippen molar-refractivity contribution in [3.8, 4) is 0 Å². The van der Waals surface area contributed by atoms with Gasteiger partial charge in [0, 0.05) is 16.9 Å². The minimum Gasteiger partial charge on any atom is -0.358 e. The molecule has 1 aliphatic carbocycles. The van der Waals surface area contributed by atoms with Crippen molar-refractivity contribution in [3.05, 3.63) is 27.9 Å². The predicted octanol–water partition coefficient (Wildman–Crippen LogP) is 2.37. The lowest BCUT2D eigenvalue weighted by Crippen LogP contribution is -2.38. The van der Waals surface area contributed by atoms with E-state index in [0.29, 0.717) is 10.5 Å². The van der Waals surface area contributed by atoms with Crippen molar-refractivity contribution in [2.75, 3.05) is 0 Å². The van der Waals surface area contributed by atoms with Crippen molar-refractivity contribution in [1.82, 2.24) is 9.88 Å². The second kappa shape index (κ2) is 5.73. The molecule has 0 atom stereocenters. The van der Waals surface area contributed by atoms with Crippen molar-refractivity contribution in [2.45, 2.75) is 36.6 Å². The summed E-state index contributed by atoms with van der Waals surface area (Å²) in [5.41, 5.74) is 0.327.